The van der Waals surface area contributed by atoms with Crippen LogP contribution in [-0.4, -0.2) is 40.3 Å². The van der Waals surface area contributed by atoms with Gasteiger partial charge in [0.25, 0.3) is 10.0 Å². The fraction of sp³-hybridized carbons (Fsp3) is 0.296. The van der Waals surface area contributed by atoms with Crippen molar-refractivity contribution < 1.29 is 17.9 Å². The Labute approximate surface area is 212 Å². The molecule has 1 amide bonds. The molecule has 0 aliphatic carbocycles. The third-order valence-electron chi connectivity index (χ3n) is 5.47. The number of carbonyl (C=O) groups is 1. The lowest BCUT2D eigenvalue weighted by Gasteiger charge is -2.24. The summed E-state index contributed by atoms with van der Waals surface area (Å²) in [6.45, 7) is 4.61. The molecule has 8 heteroatoms. The molecular weight excluding hydrogens is 480 g/mol. The second-order valence-corrected chi connectivity index (χ2v) is 10.8. The SMILES string of the molecule is CCOc1ccccc1CCCNC(=O)CN(c1ccc(C)cc1)S(=O)(=O)c1ccc(SC)cc1. The summed E-state index contributed by atoms with van der Waals surface area (Å²) in [5.41, 5.74) is 2.54. The van der Waals surface area contributed by atoms with Gasteiger partial charge < -0.3 is 10.1 Å². The zero-order valence-electron chi connectivity index (χ0n) is 20.4. The summed E-state index contributed by atoms with van der Waals surface area (Å²) >= 11 is 1.54. The van der Waals surface area contributed by atoms with Gasteiger partial charge in [0, 0.05) is 11.4 Å². The second kappa shape index (κ2) is 12.7. The van der Waals surface area contributed by atoms with Crippen molar-refractivity contribution in [2.45, 2.75) is 36.5 Å². The normalized spacial score (nSPS) is 11.2. The summed E-state index contributed by atoms with van der Waals surface area (Å²) in [7, 11) is -3.93. The number of rotatable bonds is 12. The van der Waals surface area contributed by atoms with Gasteiger partial charge in [0.1, 0.15) is 12.3 Å². The molecule has 186 valence electrons. The number of sulfonamides is 1. The Morgan fingerprint density at radius 3 is 2.34 bits per heavy atom. The molecule has 0 spiro atoms. The molecule has 0 saturated heterocycles. The van der Waals surface area contributed by atoms with E-state index in [2.05, 4.69) is 5.32 Å². The molecule has 0 radical (unpaired) electrons. The largest absolute Gasteiger partial charge is 0.494 e. The van der Waals surface area contributed by atoms with E-state index in [1.54, 1.807) is 36.4 Å². The number of ether oxygens (including phenoxy) is 1. The molecule has 1 N–H and O–H groups in total. The third-order valence-corrected chi connectivity index (χ3v) is 8.01. The second-order valence-electron chi connectivity index (χ2n) is 8.02. The molecule has 0 atom stereocenters. The Bertz CT molecular complexity index is 1210. The lowest BCUT2D eigenvalue weighted by atomic mass is 10.1. The van der Waals surface area contributed by atoms with Crippen molar-refractivity contribution in [3.05, 3.63) is 83.9 Å². The highest BCUT2D eigenvalue weighted by Crippen LogP contribution is 2.26. The average Bonchev–Trinajstić information content (AvgIpc) is 2.87. The number of carbonyl (C=O) groups excluding carboxylic acids is 1. The summed E-state index contributed by atoms with van der Waals surface area (Å²) in [6.07, 6.45) is 3.39. The van der Waals surface area contributed by atoms with Gasteiger partial charge in [0.2, 0.25) is 5.91 Å². The van der Waals surface area contributed by atoms with E-state index in [4.69, 9.17) is 4.74 Å². The maximum atomic E-state index is 13.5. The highest BCUT2D eigenvalue weighted by atomic mass is 32.2. The molecule has 0 saturated carbocycles. The van der Waals surface area contributed by atoms with E-state index in [0.29, 0.717) is 25.3 Å². The minimum absolute atomic E-state index is 0.149. The molecule has 35 heavy (non-hydrogen) atoms. The van der Waals surface area contributed by atoms with Crippen LogP contribution in [0.3, 0.4) is 0 Å². The fourth-order valence-electron chi connectivity index (χ4n) is 3.60. The van der Waals surface area contributed by atoms with Gasteiger partial charge in [-0.25, -0.2) is 8.42 Å². The lowest BCUT2D eigenvalue weighted by molar-refractivity contribution is -0.119. The number of anilines is 1. The molecular formula is C27H32N2O4S2. The van der Waals surface area contributed by atoms with E-state index in [0.717, 1.165) is 28.2 Å². The number of nitrogens with zero attached hydrogens (tertiary/aromatic N) is 1. The zero-order valence-corrected chi connectivity index (χ0v) is 22.0. The summed E-state index contributed by atoms with van der Waals surface area (Å²) < 4.78 is 33.8. The van der Waals surface area contributed by atoms with Gasteiger partial charge in [-0.05, 0) is 81.0 Å². The molecule has 0 aliphatic rings. The van der Waals surface area contributed by atoms with Gasteiger partial charge in [0.15, 0.2) is 0 Å². The minimum Gasteiger partial charge on any atom is -0.494 e. The molecule has 0 fully saturated rings. The molecule has 3 aromatic carbocycles. The number of nitrogens with one attached hydrogen (secondary N) is 1. The summed E-state index contributed by atoms with van der Waals surface area (Å²) in [6, 6.07) is 21.7. The standard InChI is InChI=1S/C27H32N2O4S2/c1-4-33-26-10-6-5-8-22(26)9-7-19-28-27(30)20-29(23-13-11-21(2)12-14-23)35(31,32)25-17-15-24(34-3)16-18-25/h5-6,8,10-18H,4,7,9,19-20H2,1-3H3,(H,28,30). The quantitative estimate of drug-likeness (QED) is 0.271. The van der Waals surface area contributed by atoms with E-state index in [1.165, 1.54) is 16.1 Å². The minimum atomic E-state index is -3.93. The maximum Gasteiger partial charge on any atom is 0.264 e. The first-order chi connectivity index (χ1) is 16.8. The first kappa shape index (κ1) is 26.6. The number of para-hydroxylation sites is 1. The Morgan fingerprint density at radius 1 is 1.00 bits per heavy atom. The molecule has 0 unspecified atom stereocenters. The number of aryl methyl sites for hydroxylation is 2. The van der Waals surface area contributed by atoms with Crippen molar-refractivity contribution in [2.24, 2.45) is 0 Å². The van der Waals surface area contributed by atoms with E-state index in [-0.39, 0.29) is 17.3 Å². The molecule has 0 aliphatic heterocycles. The van der Waals surface area contributed by atoms with Gasteiger partial charge >= 0.3 is 0 Å². The molecule has 6 nitrogen and oxygen atoms in total. The van der Waals surface area contributed by atoms with Gasteiger partial charge in [-0.2, -0.15) is 0 Å². The van der Waals surface area contributed by atoms with E-state index in [9.17, 15) is 13.2 Å². The smallest absolute Gasteiger partial charge is 0.264 e. The first-order valence-corrected chi connectivity index (χ1v) is 14.2. The van der Waals surface area contributed by atoms with Crippen molar-refractivity contribution in [3.63, 3.8) is 0 Å². The first-order valence-electron chi connectivity index (χ1n) is 11.6. The van der Waals surface area contributed by atoms with Crippen LogP contribution in [-0.2, 0) is 21.2 Å². The highest BCUT2D eigenvalue weighted by molar-refractivity contribution is 7.98. The number of thioether (sulfide) groups is 1. The highest BCUT2D eigenvalue weighted by Gasteiger charge is 2.27. The van der Waals surface area contributed by atoms with Crippen LogP contribution in [0.15, 0.2) is 82.6 Å². The van der Waals surface area contributed by atoms with Crippen LogP contribution in [0.1, 0.15) is 24.5 Å². The van der Waals surface area contributed by atoms with Gasteiger partial charge in [-0.3, -0.25) is 9.10 Å². The predicted octanol–water partition coefficient (Wildman–Crippen LogP) is 5.06. The van der Waals surface area contributed by atoms with Crippen LogP contribution in [0, 0.1) is 6.92 Å². The van der Waals surface area contributed by atoms with Gasteiger partial charge in [0.05, 0.1) is 17.2 Å². The number of amides is 1. The van der Waals surface area contributed by atoms with Gasteiger partial charge in [-0.1, -0.05) is 35.9 Å². The monoisotopic (exact) mass is 512 g/mol. The third kappa shape index (κ3) is 7.26. The average molecular weight is 513 g/mol. The number of benzene rings is 3. The fourth-order valence-corrected chi connectivity index (χ4v) is 5.43. The van der Waals surface area contributed by atoms with E-state index >= 15 is 0 Å². The maximum absolute atomic E-state index is 13.5. The van der Waals surface area contributed by atoms with Crippen molar-refractivity contribution in [2.75, 3.05) is 30.3 Å². The van der Waals surface area contributed by atoms with Crippen LogP contribution in [0.25, 0.3) is 0 Å². The van der Waals surface area contributed by atoms with Crippen LogP contribution < -0.4 is 14.4 Å². The molecule has 3 aromatic rings. The summed E-state index contributed by atoms with van der Waals surface area (Å²) in [5, 5.41) is 2.87. The topological polar surface area (TPSA) is 75.7 Å². The van der Waals surface area contributed by atoms with E-state index < -0.39 is 10.0 Å². The number of hydrogen-bond acceptors (Lipinski definition) is 5. The summed E-state index contributed by atoms with van der Waals surface area (Å²) in [5.74, 6) is 0.499. The Morgan fingerprint density at radius 2 is 1.69 bits per heavy atom. The van der Waals surface area contributed by atoms with Crippen LogP contribution >= 0.6 is 11.8 Å². The predicted molar refractivity (Wildman–Crippen MR) is 143 cm³/mol. The molecule has 0 bridgehead atoms. The molecule has 0 heterocycles. The van der Waals surface area contributed by atoms with Crippen molar-refractivity contribution in [3.8, 4) is 5.75 Å². The van der Waals surface area contributed by atoms with Crippen LogP contribution in [0.2, 0.25) is 0 Å². The Balaban J connectivity index is 1.69. The van der Waals surface area contributed by atoms with Crippen molar-refractivity contribution >= 4 is 33.4 Å². The van der Waals surface area contributed by atoms with Crippen molar-refractivity contribution in [1.82, 2.24) is 5.32 Å². The van der Waals surface area contributed by atoms with Gasteiger partial charge in [-0.15, -0.1) is 11.8 Å². The van der Waals surface area contributed by atoms with E-state index in [1.807, 2.05) is 56.5 Å². The van der Waals surface area contributed by atoms with Crippen LogP contribution in [0.5, 0.6) is 5.75 Å². The Hall–Kier alpha value is -2.97. The number of hydrogen-bond donors (Lipinski definition) is 1. The zero-order chi connectivity index (χ0) is 25.3. The summed E-state index contributed by atoms with van der Waals surface area (Å²) in [4.78, 5) is 13.9. The van der Waals surface area contributed by atoms with Crippen LogP contribution in [0.4, 0.5) is 5.69 Å². The molecule has 3 rings (SSSR count). The lowest BCUT2D eigenvalue weighted by Crippen LogP contribution is -2.41. The van der Waals surface area contributed by atoms with Crippen molar-refractivity contribution in [1.29, 1.82) is 0 Å². The molecule has 0 aromatic heterocycles. The Kier molecular flexibility index (Phi) is 9.63.